The standard InChI is InChI=1S/C28H33N3O5S/c1-6-21(4)29-28(33)23-9-7-8-10-24(23)30-27(32)18-31(25-17-20(3)13-16-26(25)36-5)37(34,35)22-14-11-19(2)12-15-22/h7-17,21H,6,18H2,1-5H3,(H,29,33)(H,30,32)/t21-/m1/s1. The molecule has 0 aliphatic rings. The van der Waals surface area contributed by atoms with E-state index in [2.05, 4.69) is 10.6 Å². The molecular formula is C28H33N3O5S. The summed E-state index contributed by atoms with van der Waals surface area (Å²) in [5.41, 5.74) is 2.52. The van der Waals surface area contributed by atoms with Crippen LogP contribution in [0.25, 0.3) is 0 Å². The molecule has 9 heteroatoms. The van der Waals surface area contributed by atoms with Gasteiger partial charge in [-0.2, -0.15) is 0 Å². The molecule has 1 atom stereocenters. The Kier molecular flexibility index (Phi) is 8.94. The summed E-state index contributed by atoms with van der Waals surface area (Å²) >= 11 is 0. The van der Waals surface area contributed by atoms with Crippen molar-refractivity contribution in [3.8, 4) is 5.75 Å². The molecule has 0 saturated carbocycles. The number of anilines is 2. The van der Waals surface area contributed by atoms with Crippen molar-refractivity contribution < 1.29 is 22.7 Å². The number of hydrogen-bond acceptors (Lipinski definition) is 5. The zero-order chi connectivity index (χ0) is 27.2. The molecule has 0 saturated heterocycles. The molecule has 0 aromatic heterocycles. The maximum Gasteiger partial charge on any atom is 0.264 e. The van der Waals surface area contributed by atoms with Gasteiger partial charge in [0.25, 0.3) is 15.9 Å². The maximum atomic E-state index is 13.8. The molecule has 0 bridgehead atoms. The molecule has 2 N–H and O–H groups in total. The molecule has 3 aromatic carbocycles. The highest BCUT2D eigenvalue weighted by Crippen LogP contribution is 2.33. The van der Waals surface area contributed by atoms with Crippen molar-refractivity contribution in [3.63, 3.8) is 0 Å². The molecule has 196 valence electrons. The number of ether oxygens (including phenoxy) is 1. The lowest BCUT2D eigenvalue weighted by Crippen LogP contribution is -2.39. The minimum absolute atomic E-state index is 0.0415. The third-order valence-electron chi connectivity index (χ3n) is 5.93. The Labute approximate surface area is 218 Å². The number of carbonyl (C=O) groups excluding carboxylic acids is 2. The van der Waals surface area contributed by atoms with Crippen LogP contribution in [0.4, 0.5) is 11.4 Å². The van der Waals surface area contributed by atoms with Gasteiger partial charge in [-0.15, -0.1) is 0 Å². The van der Waals surface area contributed by atoms with Crippen molar-refractivity contribution in [2.24, 2.45) is 0 Å². The van der Waals surface area contributed by atoms with Gasteiger partial charge in [0.05, 0.1) is 28.9 Å². The van der Waals surface area contributed by atoms with Gasteiger partial charge in [-0.25, -0.2) is 8.42 Å². The van der Waals surface area contributed by atoms with Crippen molar-refractivity contribution >= 4 is 33.2 Å². The SMILES string of the molecule is CC[C@@H](C)NC(=O)c1ccccc1NC(=O)CN(c1cc(C)ccc1OC)S(=O)(=O)c1ccc(C)cc1. The molecule has 3 aromatic rings. The van der Waals surface area contributed by atoms with Crippen LogP contribution in [-0.2, 0) is 14.8 Å². The molecule has 0 unspecified atom stereocenters. The van der Waals surface area contributed by atoms with Gasteiger partial charge in [0.2, 0.25) is 5.91 Å². The van der Waals surface area contributed by atoms with Crippen molar-refractivity contribution in [3.05, 3.63) is 83.4 Å². The van der Waals surface area contributed by atoms with Crippen LogP contribution in [0.15, 0.2) is 71.6 Å². The molecule has 0 radical (unpaired) electrons. The molecule has 8 nitrogen and oxygen atoms in total. The molecule has 3 rings (SSSR count). The number of nitrogens with zero attached hydrogens (tertiary/aromatic N) is 1. The Hall–Kier alpha value is -3.85. The maximum absolute atomic E-state index is 13.8. The number of rotatable bonds is 10. The molecule has 0 spiro atoms. The second-order valence-corrected chi connectivity index (χ2v) is 10.7. The number of para-hydroxylation sites is 1. The number of hydrogen-bond donors (Lipinski definition) is 2. The topological polar surface area (TPSA) is 105 Å². The lowest BCUT2D eigenvalue weighted by atomic mass is 10.1. The highest BCUT2D eigenvalue weighted by Gasteiger charge is 2.30. The predicted octanol–water partition coefficient (Wildman–Crippen LogP) is 4.67. The van der Waals surface area contributed by atoms with Gasteiger partial charge in [-0.05, 0) is 69.2 Å². The van der Waals surface area contributed by atoms with E-state index in [1.807, 2.05) is 27.7 Å². The van der Waals surface area contributed by atoms with Gasteiger partial charge in [0.1, 0.15) is 12.3 Å². The van der Waals surface area contributed by atoms with Gasteiger partial charge in [-0.1, -0.05) is 42.8 Å². The van der Waals surface area contributed by atoms with E-state index in [1.165, 1.54) is 19.2 Å². The second kappa shape index (κ2) is 11.9. The summed E-state index contributed by atoms with van der Waals surface area (Å²) in [6, 6.07) is 18.1. The van der Waals surface area contributed by atoms with Crippen LogP contribution in [-0.4, -0.2) is 39.9 Å². The average molecular weight is 524 g/mol. The summed E-state index contributed by atoms with van der Waals surface area (Å²) in [6.45, 7) is 7.01. The Morgan fingerprint density at radius 1 is 0.973 bits per heavy atom. The Bertz CT molecular complexity index is 1370. The third kappa shape index (κ3) is 6.68. The van der Waals surface area contributed by atoms with E-state index in [-0.39, 0.29) is 33.8 Å². The fraction of sp³-hybridized carbons (Fsp3) is 0.286. The highest BCUT2D eigenvalue weighted by atomic mass is 32.2. The van der Waals surface area contributed by atoms with E-state index in [0.29, 0.717) is 5.75 Å². The number of nitrogens with one attached hydrogen (secondary N) is 2. The molecule has 0 fully saturated rings. The van der Waals surface area contributed by atoms with Crippen LogP contribution in [0.2, 0.25) is 0 Å². The normalized spacial score (nSPS) is 11.9. The van der Waals surface area contributed by atoms with Gasteiger partial charge in [0.15, 0.2) is 0 Å². The lowest BCUT2D eigenvalue weighted by Gasteiger charge is -2.26. The van der Waals surface area contributed by atoms with Crippen LogP contribution in [0, 0.1) is 13.8 Å². The van der Waals surface area contributed by atoms with E-state index in [1.54, 1.807) is 54.6 Å². The Morgan fingerprint density at radius 3 is 2.27 bits per heavy atom. The predicted molar refractivity (Wildman–Crippen MR) is 146 cm³/mol. The monoisotopic (exact) mass is 523 g/mol. The van der Waals surface area contributed by atoms with Crippen LogP contribution in [0.3, 0.4) is 0 Å². The summed E-state index contributed by atoms with van der Waals surface area (Å²) in [6.07, 6.45) is 0.754. The molecule has 37 heavy (non-hydrogen) atoms. The van der Waals surface area contributed by atoms with Crippen LogP contribution >= 0.6 is 0 Å². The quantitative estimate of drug-likeness (QED) is 0.402. The molecule has 0 heterocycles. The van der Waals surface area contributed by atoms with Crippen LogP contribution in [0.1, 0.15) is 41.8 Å². The number of methoxy groups -OCH3 is 1. The second-order valence-electron chi connectivity index (χ2n) is 8.88. The minimum Gasteiger partial charge on any atom is -0.495 e. The molecule has 0 aliphatic heterocycles. The number of carbonyl (C=O) groups is 2. The van der Waals surface area contributed by atoms with E-state index >= 15 is 0 Å². The number of aryl methyl sites for hydroxylation is 2. The minimum atomic E-state index is -4.14. The largest absolute Gasteiger partial charge is 0.495 e. The Morgan fingerprint density at radius 2 is 1.62 bits per heavy atom. The van der Waals surface area contributed by atoms with Crippen molar-refractivity contribution in [2.75, 3.05) is 23.3 Å². The van der Waals surface area contributed by atoms with E-state index in [4.69, 9.17) is 4.74 Å². The van der Waals surface area contributed by atoms with Gasteiger partial charge in [0, 0.05) is 6.04 Å². The first kappa shape index (κ1) is 27.7. The smallest absolute Gasteiger partial charge is 0.264 e. The van der Waals surface area contributed by atoms with Gasteiger partial charge in [-0.3, -0.25) is 13.9 Å². The van der Waals surface area contributed by atoms with Crippen molar-refractivity contribution in [1.82, 2.24) is 5.32 Å². The fourth-order valence-corrected chi connectivity index (χ4v) is 5.07. The van der Waals surface area contributed by atoms with E-state index in [0.717, 1.165) is 21.9 Å². The summed E-state index contributed by atoms with van der Waals surface area (Å²) < 4.78 is 34.0. The van der Waals surface area contributed by atoms with Crippen LogP contribution in [0.5, 0.6) is 5.75 Å². The van der Waals surface area contributed by atoms with Crippen molar-refractivity contribution in [1.29, 1.82) is 0 Å². The number of benzene rings is 3. The van der Waals surface area contributed by atoms with E-state index in [9.17, 15) is 18.0 Å². The molecule has 2 amide bonds. The first-order valence-electron chi connectivity index (χ1n) is 12.0. The average Bonchev–Trinajstić information content (AvgIpc) is 2.87. The third-order valence-corrected chi connectivity index (χ3v) is 7.71. The Balaban J connectivity index is 1.99. The summed E-state index contributed by atoms with van der Waals surface area (Å²) in [5.74, 6) is -0.625. The summed E-state index contributed by atoms with van der Waals surface area (Å²) in [7, 11) is -2.70. The molecular weight excluding hydrogens is 490 g/mol. The van der Waals surface area contributed by atoms with Gasteiger partial charge >= 0.3 is 0 Å². The van der Waals surface area contributed by atoms with Crippen LogP contribution < -0.4 is 19.7 Å². The summed E-state index contributed by atoms with van der Waals surface area (Å²) in [5, 5.41) is 5.61. The summed E-state index contributed by atoms with van der Waals surface area (Å²) in [4.78, 5) is 26.1. The first-order chi connectivity index (χ1) is 17.6. The van der Waals surface area contributed by atoms with Gasteiger partial charge < -0.3 is 15.4 Å². The number of sulfonamides is 1. The zero-order valence-corrected chi connectivity index (χ0v) is 22.6. The number of amides is 2. The molecule has 0 aliphatic carbocycles. The zero-order valence-electron chi connectivity index (χ0n) is 21.7. The fourth-order valence-electron chi connectivity index (χ4n) is 3.65. The highest BCUT2D eigenvalue weighted by molar-refractivity contribution is 7.92. The lowest BCUT2D eigenvalue weighted by molar-refractivity contribution is -0.114. The van der Waals surface area contributed by atoms with E-state index < -0.39 is 22.5 Å². The van der Waals surface area contributed by atoms with Crippen molar-refractivity contribution in [2.45, 2.75) is 45.1 Å². The first-order valence-corrected chi connectivity index (χ1v) is 13.4.